The Morgan fingerprint density at radius 3 is 2.58 bits per heavy atom. The van der Waals surface area contributed by atoms with E-state index in [4.69, 9.17) is 13.6 Å². The molecule has 0 spiro atoms. The Bertz CT molecular complexity index is 626. The Labute approximate surface area is 111 Å². The molecule has 0 N–H and O–H groups in total. The van der Waals surface area contributed by atoms with Crippen molar-refractivity contribution in [3.05, 3.63) is 59.7 Å². The lowest BCUT2D eigenvalue weighted by Gasteiger charge is -2.22. The molecule has 1 atom stereocenters. The van der Waals surface area contributed by atoms with Gasteiger partial charge in [-0.3, -0.25) is 0 Å². The molecule has 2 aromatic rings. The number of carbonyl (C=O) groups is 1. The largest absolute Gasteiger partial charge is 0.532 e. The molecule has 19 heavy (non-hydrogen) atoms. The van der Waals surface area contributed by atoms with Crippen molar-refractivity contribution in [1.82, 2.24) is 0 Å². The Morgan fingerprint density at radius 2 is 1.74 bits per heavy atom. The van der Waals surface area contributed by atoms with E-state index >= 15 is 0 Å². The topological polar surface area (TPSA) is 44.8 Å². The SMILES string of the molecule is Cc1ccccc1OP1OC(=O)c2ccccc2O1. The second-order valence-electron chi connectivity index (χ2n) is 4.05. The number of hydrogen-bond acceptors (Lipinski definition) is 4. The maximum Gasteiger partial charge on any atom is 0.532 e. The number of rotatable bonds is 2. The van der Waals surface area contributed by atoms with E-state index in [9.17, 15) is 4.79 Å². The fraction of sp³-hybridized carbons (Fsp3) is 0.0714. The maximum absolute atomic E-state index is 11.8. The zero-order chi connectivity index (χ0) is 13.2. The molecule has 0 amide bonds. The predicted molar refractivity (Wildman–Crippen MR) is 71.2 cm³/mol. The van der Waals surface area contributed by atoms with Crippen molar-refractivity contribution in [2.45, 2.75) is 6.92 Å². The summed E-state index contributed by atoms with van der Waals surface area (Å²) in [6, 6.07) is 14.5. The molecule has 4 nitrogen and oxygen atoms in total. The van der Waals surface area contributed by atoms with Crippen LogP contribution < -0.4 is 9.05 Å². The van der Waals surface area contributed by atoms with Crippen molar-refractivity contribution in [3.8, 4) is 11.5 Å². The summed E-state index contributed by atoms with van der Waals surface area (Å²) in [5.41, 5.74) is 1.39. The molecule has 1 aliphatic heterocycles. The minimum absolute atomic E-state index is 0.415. The van der Waals surface area contributed by atoms with Gasteiger partial charge in [0.25, 0.3) is 0 Å². The van der Waals surface area contributed by atoms with Gasteiger partial charge in [-0.15, -0.1) is 0 Å². The highest BCUT2D eigenvalue weighted by atomic mass is 31.2. The van der Waals surface area contributed by atoms with E-state index in [1.807, 2.05) is 31.2 Å². The van der Waals surface area contributed by atoms with Gasteiger partial charge < -0.3 is 13.6 Å². The third-order valence-corrected chi connectivity index (χ3v) is 3.71. The monoisotopic (exact) mass is 274 g/mol. The molecule has 0 radical (unpaired) electrons. The van der Waals surface area contributed by atoms with Gasteiger partial charge in [0.1, 0.15) is 17.1 Å². The summed E-state index contributed by atoms with van der Waals surface area (Å²) in [6.07, 6.45) is 0. The van der Waals surface area contributed by atoms with Crippen molar-refractivity contribution in [3.63, 3.8) is 0 Å². The summed E-state index contributed by atoms with van der Waals surface area (Å²) in [6.45, 7) is 1.92. The summed E-state index contributed by atoms with van der Waals surface area (Å²) >= 11 is 0. The molecule has 0 aliphatic carbocycles. The van der Waals surface area contributed by atoms with Crippen molar-refractivity contribution in [2.75, 3.05) is 0 Å². The molecule has 1 unspecified atom stereocenters. The normalized spacial score (nSPS) is 17.1. The van der Waals surface area contributed by atoms with Gasteiger partial charge in [0.05, 0.1) is 0 Å². The van der Waals surface area contributed by atoms with Crippen molar-refractivity contribution in [1.29, 1.82) is 0 Å². The lowest BCUT2D eigenvalue weighted by molar-refractivity contribution is 0.0697. The number of fused-ring (bicyclic) bond motifs is 1. The van der Waals surface area contributed by atoms with Gasteiger partial charge in [-0.25, -0.2) is 4.79 Å². The standard InChI is InChI=1S/C14H11O4P/c1-10-6-2-4-8-12(10)16-19-17-13-9-5-3-7-11(13)14(15)18-19/h2-9H,1H3. The Hall–Kier alpha value is -2.06. The number of benzene rings is 2. The number of aryl methyl sites for hydroxylation is 1. The van der Waals surface area contributed by atoms with Gasteiger partial charge in [0, 0.05) is 0 Å². The fourth-order valence-corrected chi connectivity index (χ4v) is 2.74. The lowest BCUT2D eigenvalue weighted by atomic mass is 10.2. The maximum atomic E-state index is 11.8. The van der Waals surface area contributed by atoms with Crippen LogP contribution in [0.3, 0.4) is 0 Å². The summed E-state index contributed by atoms with van der Waals surface area (Å²) in [5, 5.41) is 0. The van der Waals surface area contributed by atoms with E-state index in [1.54, 1.807) is 24.3 Å². The minimum atomic E-state index is -1.74. The molecular weight excluding hydrogens is 263 g/mol. The highest BCUT2D eigenvalue weighted by Gasteiger charge is 2.32. The van der Waals surface area contributed by atoms with Crippen LogP contribution in [0.5, 0.6) is 11.5 Å². The molecule has 0 saturated carbocycles. The van der Waals surface area contributed by atoms with Crippen molar-refractivity contribution >= 4 is 14.6 Å². The molecule has 3 rings (SSSR count). The molecule has 2 aromatic carbocycles. The van der Waals surface area contributed by atoms with Gasteiger partial charge in [-0.2, -0.15) is 0 Å². The Morgan fingerprint density at radius 1 is 1.00 bits per heavy atom. The van der Waals surface area contributed by atoms with Crippen LogP contribution in [0.2, 0.25) is 0 Å². The summed E-state index contributed by atoms with van der Waals surface area (Å²) in [4.78, 5) is 11.8. The molecule has 0 bridgehead atoms. The van der Waals surface area contributed by atoms with E-state index < -0.39 is 14.6 Å². The van der Waals surface area contributed by atoms with E-state index in [0.29, 0.717) is 17.1 Å². The van der Waals surface area contributed by atoms with E-state index in [2.05, 4.69) is 0 Å². The van der Waals surface area contributed by atoms with Crippen molar-refractivity contribution in [2.24, 2.45) is 0 Å². The molecule has 0 fully saturated rings. The Balaban J connectivity index is 1.82. The van der Waals surface area contributed by atoms with Crippen LogP contribution in [0.25, 0.3) is 0 Å². The number of para-hydroxylation sites is 2. The van der Waals surface area contributed by atoms with Gasteiger partial charge in [0.2, 0.25) is 0 Å². The molecular formula is C14H11O4P. The zero-order valence-corrected chi connectivity index (χ0v) is 11.1. The number of carbonyl (C=O) groups excluding carboxylic acids is 1. The average Bonchev–Trinajstić information content (AvgIpc) is 2.42. The van der Waals surface area contributed by atoms with E-state index in [-0.39, 0.29) is 0 Å². The van der Waals surface area contributed by atoms with E-state index in [0.717, 1.165) is 5.56 Å². The van der Waals surface area contributed by atoms with Crippen LogP contribution in [-0.4, -0.2) is 5.97 Å². The Kier molecular flexibility index (Phi) is 3.10. The second kappa shape index (κ2) is 4.90. The van der Waals surface area contributed by atoms with E-state index in [1.165, 1.54) is 0 Å². The van der Waals surface area contributed by atoms with Crippen LogP contribution >= 0.6 is 8.60 Å². The average molecular weight is 274 g/mol. The first-order valence-electron chi connectivity index (χ1n) is 5.77. The lowest BCUT2D eigenvalue weighted by Crippen LogP contribution is -2.14. The first kappa shape index (κ1) is 12.0. The molecule has 0 aromatic heterocycles. The van der Waals surface area contributed by atoms with Crippen LogP contribution in [0, 0.1) is 6.92 Å². The summed E-state index contributed by atoms with van der Waals surface area (Å²) in [7, 11) is -1.74. The summed E-state index contributed by atoms with van der Waals surface area (Å²) < 4.78 is 16.3. The minimum Gasteiger partial charge on any atom is -0.408 e. The highest BCUT2D eigenvalue weighted by molar-refractivity contribution is 7.43. The van der Waals surface area contributed by atoms with Crippen molar-refractivity contribution < 1.29 is 18.4 Å². The first-order chi connectivity index (χ1) is 9.24. The van der Waals surface area contributed by atoms with Gasteiger partial charge in [0.15, 0.2) is 0 Å². The molecule has 0 saturated heterocycles. The molecule has 96 valence electrons. The third-order valence-electron chi connectivity index (χ3n) is 2.70. The zero-order valence-electron chi connectivity index (χ0n) is 10.2. The van der Waals surface area contributed by atoms with Crippen LogP contribution in [0.15, 0.2) is 48.5 Å². The fourth-order valence-electron chi connectivity index (χ4n) is 1.71. The van der Waals surface area contributed by atoms with Crippen LogP contribution in [0.4, 0.5) is 0 Å². The predicted octanol–water partition coefficient (Wildman–Crippen LogP) is 3.85. The smallest absolute Gasteiger partial charge is 0.408 e. The quantitative estimate of drug-likeness (QED) is 0.780. The first-order valence-corrected chi connectivity index (χ1v) is 6.86. The highest BCUT2D eigenvalue weighted by Crippen LogP contribution is 2.47. The molecule has 1 aliphatic rings. The van der Waals surface area contributed by atoms with Gasteiger partial charge in [-0.1, -0.05) is 30.3 Å². The number of hydrogen-bond donors (Lipinski definition) is 0. The third kappa shape index (κ3) is 2.40. The second-order valence-corrected chi connectivity index (χ2v) is 5.04. The molecule has 1 heterocycles. The van der Waals surface area contributed by atoms with Crippen LogP contribution in [0.1, 0.15) is 15.9 Å². The molecule has 5 heteroatoms. The van der Waals surface area contributed by atoms with Gasteiger partial charge in [-0.05, 0) is 30.7 Å². The van der Waals surface area contributed by atoms with Crippen LogP contribution in [-0.2, 0) is 4.52 Å². The summed E-state index contributed by atoms with van der Waals surface area (Å²) in [5.74, 6) is 0.737. The van der Waals surface area contributed by atoms with Gasteiger partial charge >= 0.3 is 14.6 Å².